The van der Waals surface area contributed by atoms with Gasteiger partial charge in [0.2, 0.25) is 0 Å². The number of nitrogens with zero attached hydrogens (tertiary/aromatic N) is 2. The van der Waals surface area contributed by atoms with E-state index in [9.17, 15) is 8.63 Å². The standard InChI is InChI=1S/C4H8O.C2N2.2CH4.BF2.Na/c1-2-4-5-3-1;3-1-2-4;;;2-1-3;/h1-4H2;;2*1H4;;/q;;;;-1;+1. The molecule has 3 nitrogen and oxygen atoms in total. The van der Waals surface area contributed by atoms with Crippen molar-refractivity contribution in [1.29, 1.82) is 10.5 Å². The summed E-state index contributed by atoms with van der Waals surface area (Å²) in [4.78, 5) is 0. The molecule has 0 aromatic rings. The van der Waals surface area contributed by atoms with Crippen LogP contribution >= 0.6 is 0 Å². The minimum Gasteiger partial charge on any atom is -0.554 e. The molecule has 1 fully saturated rings. The predicted molar refractivity (Wildman–Crippen MR) is 52.7 cm³/mol. The molecule has 7 heteroatoms. The van der Waals surface area contributed by atoms with Gasteiger partial charge in [0.05, 0.1) is 0 Å². The maximum absolute atomic E-state index is 9.50. The van der Waals surface area contributed by atoms with Crippen molar-refractivity contribution in [3.05, 3.63) is 0 Å². The maximum atomic E-state index is 9.50. The number of ether oxygens (including phenoxy) is 1. The van der Waals surface area contributed by atoms with Crippen LogP contribution in [0.1, 0.15) is 27.7 Å². The Hall–Kier alpha value is -0.135. The molecule has 1 saturated heterocycles. The third-order valence-electron chi connectivity index (χ3n) is 0.877. The van der Waals surface area contributed by atoms with E-state index in [2.05, 4.69) is 0 Å². The first-order valence-electron chi connectivity index (χ1n) is 3.21. The van der Waals surface area contributed by atoms with Crippen LogP contribution in [-0.2, 0) is 4.74 Å². The Morgan fingerprint density at radius 1 is 1.00 bits per heavy atom. The summed E-state index contributed by atoms with van der Waals surface area (Å²) in [7, 11) is -1.00. The van der Waals surface area contributed by atoms with E-state index < -0.39 is 7.83 Å². The van der Waals surface area contributed by atoms with Gasteiger partial charge in [-0.05, 0) is 12.8 Å². The Bertz CT molecular complexity index is 138. The van der Waals surface area contributed by atoms with Crippen molar-refractivity contribution in [3.63, 3.8) is 0 Å². The van der Waals surface area contributed by atoms with Crippen LogP contribution < -0.4 is 29.6 Å². The smallest absolute Gasteiger partial charge is 0.554 e. The number of hydrogen-bond donors (Lipinski definition) is 0. The van der Waals surface area contributed by atoms with E-state index >= 15 is 0 Å². The molecule has 0 saturated carbocycles. The zero-order valence-electron chi connectivity index (χ0n) is 7.46. The molecule has 1 aliphatic rings. The minimum atomic E-state index is -1.00. The molecule has 0 aromatic heterocycles. The molecule has 1 heterocycles. The van der Waals surface area contributed by atoms with Crippen molar-refractivity contribution in [1.82, 2.24) is 0 Å². The monoisotopic (exact) mass is 228 g/mol. The van der Waals surface area contributed by atoms with Crippen molar-refractivity contribution in [2.24, 2.45) is 0 Å². The molecular formula is C8H16BF2N2NaO. The van der Waals surface area contributed by atoms with Crippen molar-refractivity contribution in [3.8, 4) is 12.1 Å². The molecule has 0 aliphatic carbocycles. The van der Waals surface area contributed by atoms with Crippen LogP contribution in [0.2, 0.25) is 0 Å². The van der Waals surface area contributed by atoms with Crippen molar-refractivity contribution >= 4 is 7.83 Å². The summed E-state index contributed by atoms with van der Waals surface area (Å²) in [6, 6.07) is 2.47. The van der Waals surface area contributed by atoms with Crippen molar-refractivity contribution in [2.45, 2.75) is 27.7 Å². The first-order valence-corrected chi connectivity index (χ1v) is 3.21. The SMILES string of the molecule is C.C.C1CCOC1.F[B-]F.N#CC#N.[Na+]. The summed E-state index contributed by atoms with van der Waals surface area (Å²) in [6.07, 6.45) is 2.56. The van der Waals surface area contributed by atoms with Gasteiger partial charge in [0.1, 0.15) is 7.83 Å². The van der Waals surface area contributed by atoms with E-state index in [-0.39, 0.29) is 44.4 Å². The summed E-state index contributed by atoms with van der Waals surface area (Å²) >= 11 is 0. The molecule has 1 rings (SSSR count). The number of halogens is 2. The van der Waals surface area contributed by atoms with Crippen LogP contribution in [0.15, 0.2) is 0 Å². The molecule has 0 aromatic carbocycles. The molecule has 0 amide bonds. The largest absolute Gasteiger partial charge is 1.00 e. The Morgan fingerprint density at radius 2 is 1.27 bits per heavy atom. The van der Waals surface area contributed by atoms with Crippen molar-refractivity contribution < 1.29 is 42.9 Å². The quantitative estimate of drug-likeness (QED) is 0.528. The van der Waals surface area contributed by atoms with Gasteiger partial charge in [0.25, 0.3) is 0 Å². The molecule has 1 aliphatic heterocycles. The molecular weight excluding hydrogens is 212 g/mol. The maximum Gasteiger partial charge on any atom is 1.00 e. The minimum absolute atomic E-state index is 0. The Morgan fingerprint density at radius 3 is 1.33 bits per heavy atom. The zero-order valence-corrected chi connectivity index (χ0v) is 9.46. The number of rotatable bonds is 0. The topological polar surface area (TPSA) is 56.8 Å². The average Bonchev–Trinajstić information content (AvgIpc) is 2.62. The van der Waals surface area contributed by atoms with E-state index in [4.69, 9.17) is 15.3 Å². The van der Waals surface area contributed by atoms with Crippen LogP contribution in [0.4, 0.5) is 8.63 Å². The summed E-state index contributed by atoms with van der Waals surface area (Å²) < 4.78 is 23.9. The number of nitriles is 2. The molecule has 2 radical (unpaired) electrons. The predicted octanol–water partition coefficient (Wildman–Crippen LogP) is -0.434. The molecule has 0 atom stereocenters. The van der Waals surface area contributed by atoms with Gasteiger partial charge in [0.15, 0.2) is 12.1 Å². The normalized spacial score (nSPS) is 9.87. The van der Waals surface area contributed by atoms with Crippen LogP contribution in [0.5, 0.6) is 0 Å². The van der Waals surface area contributed by atoms with Crippen LogP contribution in [0.25, 0.3) is 0 Å². The van der Waals surface area contributed by atoms with Gasteiger partial charge < -0.3 is 13.4 Å². The van der Waals surface area contributed by atoms with Crippen LogP contribution in [0, 0.1) is 22.7 Å². The number of hydrogen-bond acceptors (Lipinski definition) is 3. The fourth-order valence-electron chi connectivity index (χ4n) is 0.510. The van der Waals surface area contributed by atoms with Gasteiger partial charge in [-0.15, -0.1) is 0 Å². The Balaban J connectivity index is -0.0000000313. The molecule has 82 valence electrons. The fraction of sp³-hybridized carbons (Fsp3) is 0.750. The van der Waals surface area contributed by atoms with Gasteiger partial charge in [0, 0.05) is 13.2 Å². The molecule has 0 bridgehead atoms. The summed E-state index contributed by atoms with van der Waals surface area (Å²) in [5, 5.41) is 14.5. The van der Waals surface area contributed by atoms with E-state index in [0.717, 1.165) is 13.2 Å². The van der Waals surface area contributed by atoms with Gasteiger partial charge in [-0.2, -0.15) is 10.5 Å². The van der Waals surface area contributed by atoms with Crippen LogP contribution in [-0.4, -0.2) is 21.0 Å². The second-order valence-corrected chi connectivity index (χ2v) is 1.63. The van der Waals surface area contributed by atoms with E-state index in [1.54, 1.807) is 0 Å². The van der Waals surface area contributed by atoms with E-state index in [1.165, 1.54) is 25.0 Å². The summed E-state index contributed by atoms with van der Waals surface area (Å²) in [6.45, 7) is 2.00. The first-order chi connectivity index (χ1) is 5.83. The van der Waals surface area contributed by atoms with E-state index in [0.29, 0.717) is 0 Å². The second kappa shape index (κ2) is 37.1. The van der Waals surface area contributed by atoms with Gasteiger partial charge in [-0.25, -0.2) is 0 Å². The third-order valence-corrected chi connectivity index (χ3v) is 0.877. The zero-order chi connectivity index (χ0) is 9.66. The molecule has 0 spiro atoms. The second-order valence-electron chi connectivity index (χ2n) is 1.63. The summed E-state index contributed by atoms with van der Waals surface area (Å²) in [5.74, 6) is 0. The molecule has 0 N–H and O–H groups in total. The van der Waals surface area contributed by atoms with E-state index in [1.807, 2.05) is 0 Å². The van der Waals surface area contributed by atoms with Gasteiger partial charge in [-0.1, -0.05) is 14.9 Å². The summed E-state index contributed by atoms with van der Waals surface area (Å²) in [5.41, 5.74) is 0. The van der Waals surface area contributed by atoms with Gasteiger partial charge >= 0.3 is 29.6 Å². The van der Waals surface area contributed by atoms with Gasteiger partial charge in [-0.3, -0.25) is 0 Å². The third kappa shape index (κ3) is 56.7. The Kier molecular flexibility index (Phi) is 72.6. The average molecular weight is 228 g/mol. The van der Waals surface area contributed by atoms with Crippen molar-refractivity contribution in [2.75, 3.05) is 13.2 Å². The Labute approximate surface area is 114 Å². The molecule has 0 unspecified atom stereocenters. The molecule has 15 heavy (non-hydrogen) atoms. The first kappa shape index (κ1) is 29.4. The fourth-order valence-corrected chi connectivity index (χ4v) is 0.510. The van der Waals surface area contributed by atoms with Crippen LogP contribution in [0.3, 0.4) is 0 Å².